The van der Waals surface area contributed by atoms with Crippen molar-refractivity contribution < 1.29 is 0 Å². The fourth-order valence-corrected chi connectivity index (χ4v) is 1.43. The Kier molecular flexibility index (Phi) is 1.38. The Hall–Kier alpha value is -2.17. The molecule has 0 aliphatic rings. The number of rotatable bonds is 1. The summed E-state index contributed by atoms with van der Waals surface area (Å²) in [6, 6.07) is 5.82. The fourth-order valence-electron chi connectivity index (χ4n) is 1.43. The van der Waals surface area contributed by atoms with Gasteiger partial charge in [0.05, 0.1) is 22.9 Å². The van der Waals surface area contributed by atoms with Crippen LogP contribution in [0.25, 0.3) is 22.4 Å². The number of fused-ring (bicyclic) bond motifs is 1. The van der Waals surface area contributed by atoms with Crippen molar-refractivity contribution in [3.8, 4) is 11.4 Å². The number of aromatic amines is 2. The Morgan fingerprint density at radius 1 is 1.29 bits per heavy atom. The molecule has 3 aromatic heterocycles. The quantitative estimate of drug-likeness (QED) is 0.601. The summed E-state index contributed by atoms with van der Waals surface area (Å²) in [6.07, 6.45) is 3.44. The number of aromatic nitrogens is 5. The van der Waals surface area contributed by atoms with Crippen LogP contribution in [0.15, 0.2) is 30.6 Å². The lowest BCUT2D eigenvalue weighted by molar-refractivity contribution is 0.941. The zero-order valence-corrected chi connectivity index (χ0v) is 7.23. The van der Waals surface area contributed by atoms with Crippen molar-refractivity contribution in [3.63, 3.8) is 0 Å². The Balaban J connectivity index is 2.24. The maximum Gasteiger partial charge on any atom is 0.129 e. The van der Waals surface area contributed by atoms with Crippen molar-refractivity contribution in [2.75, 3.05) is 0 Å². The molecule has 14 heavy (non-hydrogen) atoms. The van der Waals surface area contributed by atoms with Crippen molar-refractivity contribution in [2.45, 2.75) is 0 Å². The molecule has 0 atom stereocenters. The van der Waals surface area contributed by atoms with Gasteiger partial charge in [-0.3, -0.25) is 4.98 Å². The average Bonchev–Trinajstić information content (AvgIpc) is 2.86. The van der Waals surface area contributed by atoms with Gasteiger partial charge in [0.2, 0.25) is 0 Å². The lowest BCUT2D eigenvalue weighted by Crippen LogP contribution is -1.75. The highest BCUT2D eigenvalue weighted by Crippen LogP contribution is 2.19. The highest BCUT2D eigenvalue weighted by atomic mass is 15.3. The molecule has 0 saturated carbocycles. The van der Waals surface area contributed by atoms with E-state index < -0.39 is 0 Å². The van der Waals surface area contributed by atoms with Gasteiger partial charge >= 0.3 is 0 Å². The van der Waals surface area contributed by atoms with Crippen LogP contribution in [-0.2, 0) is 0 Å². The van der Waals surface area contributed by atoms with Crippen molar-refractivity contribution in [3.05, 3.63) is 30.6 Å². The summed E-state index contributed by atoms with van der Waals surface area (Å²) in [7, 11) is 0. The van der Waals surface area contributed by atoms with Crippen LogP contribution in [0.5, 0.6) is 0 Å². The topological polar surface area (TPSA) is 70.2 Å². The second kappa shape index (κ2) is 2.66. The van der Waals surface area contributed by atoms with E-state index in [1.807, 2.05) is 18.2 Å². The van der Waals surface area contributed by atoms with Crippen molar-refractivity contribution in [1.29, 1.82) is 0 Å². The van der Waals surface area contributed by atoms with Crippen LogP contribution in [0, 0.1) is 0 Å². The van der Waals surface area contributed by atoms with E-state index in [1.165, 1.54) is 0 Å². The maximum atomic E-state index is 4.22. The number of pyridine rings is 1. The third-order valence-electron chi connectivity index (χ3n) is 2.08. The van der Waals surface area contributed by atoms with Gasteiger partial charge in [0, 0.05) is 6.20 Å². The first kappa shape index (κ1) is 7.25. The van der Waals surface area contributed by atoms with Crippen LogP contribution in [0.1, 0.15) is 0 Å². The summed E-state index contributed by atoms with van der Waals surface area (Å²) in [5.41, 5.74) is 3.66. The summed E-state index contributed by atoms with van der Waals surface area (Å²) < 4.78 is 0. The van der Waals surface area contributed by atoms with Crippen molar-refractivity contribution in [1.82, 2.24) is 25.4 Å². The molecule has 0 amide bonds. The van der Waals surface area contributed by atoms with Gasteiger partial charge in [-0.2, -0.15) is 15.4 Å². The van der Waals surface area contributed by atoms with Gasteiger partial charge in [0.25, 0.3) is 0 Å². The molecular formula is C9H7N5. The molecule has 2 N–H and O–H groups in total. The summed E-state index contributed by atoms with van der Waals surface area (Å²) in [4.78, 5) is 7.44. The highest BCUT2D eigenvalue weighted by molar-refractivity contribution is 5.81. The van der Waals surface area contributed by atoms with Crippen LogP contribution in [-0.4, -0.2) is 25.4 Å². The SMILES string of the molecule is c1cnc2cc(-c3cn[nH]n3)[nH]c2c1. The summed E-state index contributed by atoms with van der Waals surface area (Å²) in [6.45, 7) is 0. The molecular weight excluding hydrogens is 178 g/mol. The van der Waals surface area contributed by atoms with E-state index in [0.29, 0.717) is 0 Å². The van der Waals surface area contributed by atoms with Gasteiger partial charge in [-0.1, -0.05) is 0 Å². The van der Waals surface area contributed by atoms with Crippen molar-refractivity contribution in [2.24, 2.45) is 0 Å². The van der Waals surface area contributed by atoms with Gasteiger partial charge < -0.3 is 4.98 Å². The molecule has 0 fully saturated rings. The predicted molar refractivity (Wildman–Crippen MR) is 51.5 cm³/mol. The fraction of sp³-hybridized carbons (Fsp3) is 0. The molecule has 5 heteroatoms. The summed E-state index contributed by atoms with van der Waals surface area (Å²) >= 11 is 0. The van der Waals surface area contributed by atoms with Crippen LogP contribution in [0.2, 0.25) is 0 Å². The zero-order chi connectivity index (χ0) is 9.38. The van der Waals surface area contributed by atoms with Crippen LogP contribution in [0.4, 0.5) is 0 Å². The second-order valence-corrected chi connectivity index (χ2v) is 2.97. The molecule has 3 rings (SSSR count). The lowest BCUT2D eigenvalue weighted by atomic mass is 10.3. The van der Waals surface area contributed by atoms with E-state index in [1.54, 1.807) is 12.4 Å². The van der Waals surface area contributed by atoms with Gasteiger partial charge in [-0.05, 0) is 18.2 Å². The van der Waals surface area contributed by atoms with E-state index in [9.17, 15) is 0 Å². The van der Waals surface area contributed by atoms with Gasteiger partial charge in [-0.15, -0.1) is 0 Å². The largest absolute Gasteiger partial charge is 0.352 e. The second-order valence-electron chi connectivity index (χ2n) is 2.97. The molecule has 0 spiro atoms. The zero-order valence-electron chi connectivity index (χ0n) is 7.23. The first-order chi connectivity index (χ1) is 6.93. The summed E-state index contributed by atoms with van der Waals surface area (Å²) in [5, 5.41) is 10.3. The third kappa shape index (κ3) is 0.990. The van der Waals surface area contributed by atoms with E-state index in [0.717, 1.165) is 22.4 Å². The minimum absolute atomic E-state index is 0.794. The Labute approximate surface area is 79.2 Å². The van der Waals surface area contributed by atoms with E-state index in [2.05, 4.69) is 25.4 Å². The van der Waals surface area contributed by atoms with Gasteiger partial charge in [-0.25, -0.2) is 0 Å². The Morgan fingerprint density at radius 3 is 3.07 bits per heavy atom. The molecule has 0 aromatic carbocycles. The normalized spacial score (nSPS) is 10.9. The van der Waals surface area contributed by atoms with Crippen LogP contribution in [0.3, 0.4) is 0 Å². The molecule has 0 unspecified atom stereocenters. The highest BCUT2D eigenvalue weighted by Gasteiger charge is 2.04. The first-order valence-electron chi connectivity index (χ1n) is 4.23. The predicted octanol–water partition coefficient (Wildman–Crippen LogP) is 1.35. The molecule has 0 radical (unpaired) electrons. The number of hydrogen-bond donors (Lipinski definition) is 2. The Morgan fingerprint density at radius 2 is 2.29 bits per heavy atom. The standard InChI is InChI=1S/C9H7N5/c1-2-6-7(10-3-1)4-8(12-6)9-5-11-14-13-9/h1-5,12H,(H,11,13,14). The monoisotopic (exact) mass is 185 g/mol. The number of hydrogen-bond acceptors (Lipinski definition) is 3. The molecule has 68 valence electrons. The van der Waals surface area contributed by atoms with E-state index >= 15 is 0 Å². The van der Waals surface area contributed by atoms with Crippen molar-refractivity contribution >= 4 is 11.0 Å². The minimum Gasteiger partial charge on any atom is -0.352 e. The van der Waals surface area contributed by atoms with E-state index in [-0.39, 0.29) is 0 Å². The summed E-state index contributed by atoms with van der Waals surface area (Å²) in [5.74, 6) is 0. The Bertz CT molecular complexity index is 518. The average molecular weight is 185 g/mol. The smallest absolute Gasteiger partial charge is 0.129 e. The minimum atomic E-state index is 0.794. The van der Waals surface area contributed by atoms with Crippen LogP contribution < -0.4 is 0 Å². The molecule has 3 heterocycles. The third-order valence-corrected chi connectivity index (χ3v) is 2.08. The number of nitrogens with one attached hydrogen (secondary N) is 2. The first-order valence-corrected chi connectivity index (χ1v) is 4.23. The van der Waals surface area contributed by atoms with E-state index in [4.69, 9.17) is 0 Å². The molecule has 0 aliphatic heterocycles. The van der Waals surface area contributed by atoms with Gasteiger partial charge in [0.15, 0.2) is 0 Å². The molecule has 0 bridgehead atoms. The molecule has 0 saturated heterocycles. The number of nitrogens with zero attached hydrogens (tertiary/aromatic N) is 3. The molecule has 5 nitrogen and oxygen atoms in total. The maximum absolute atomic E-state index is 4.22. The molecule has 3 aromatic rings. The number of H-pyrrole nitrogens is 2. The van der Waals surface area contributed by atoms with Gasteiger partial charge in [0.1, 0.15) is 5.69 Å². The lowest BCUT2D eigenvalue weighted by Gasteiger charge is -1.85. The van der Waals surface area contributed by atoms with Crippen LogP contribution >= 0.6 is 0 Å². The molecule has 0 aliphatic carbocycles.